The van der Waals surface area contributed by atoms with E-state index >= 15 is 0 Å². The molecule has 0 aromatic heterocycles. The topological polar surface area (TPSA) is 0 Å². The van der Waals surface area contributed by atoms with Crippen molar-refractivity contribution in [3.05, 3.63) is 35.9 Å². The molecule has 0 unspecified atom stereocenters. The summed E-state index contributed by atoms with van der Waals surface area (Å²) in [5.74, 6) is 0. The average molecular weight is 204 g/mol. The Kier molecular flexibility index (Phi) is 2.11. The minimum absolute atomic E-state index is 0.506. The molecule has 0 saturated heterocycles. The van der Waals surface area contributed by atoms with Crippen LogP contribution in [-0.4, -0.2) is 8.07 Å². The van der Waals surface area contributed by atoms with E-state index in [0.717, 1.165) is 5.54 Å². The zero-order valence-electron chi connectivity index (χ0n) is 9.67. The highest BCUT2D eigenvalue weighted by molar-refractivity contribution is 6.78. The van der Waals surface area contributed by atoms with Gasteiger partial charge in [-0.3, -0.25) is 0 Å². The van der Waals surface area contributed by atoms with Crippen LogP contribution in [0.15, 0.2) is 30.3 Å². The Morgan fingerprint density at radius 3 is 2.14 bits per heavy atom. The Labute approximate surface area is 88.4 Å². The van der Waals surface area contributed by atoms with Gasteiger partial charge >= 0.3 is 0 Å². The van der Waals surface area contributed by atoms with Crippen LogP contribution in [-0.2, 0) is 5.41 Å². The lowest BCUT2D eigenvalue weighted by atomic mass is 9.99. The summed E-state index contributed by atoms with van der Waals surface area (Å²) in [7, 11) is -0.942. The number of benzene rings is 1. The van der Waals surface area contributed by atoms with Crippen molar-refractivity contribution < 1.29 is 0 Å². The summed E-state index contributed by atoms with van der Waals surface area (Å²) in [6.45, 7) is 9.91. The summed E-state index contributed by atoms with van der Waals surface area (Å²) in [5.41, 5.74) is 3.04. The second-order valence-corrected chi connectivity index (χ2v) is 11.3. The summed E-state index contributed by atoms with van der Waals surface area (Å²) < 4.78 is 0. The van der Waals surface area contributed by atoms with Crippen molar-refractivity contribution in [3.63, 3.8) is 0 Å². The molecule has 0 amide bonds. The van der Waals surface area contributed by atoms with E-state index in [2.05, 4.69) is 56.9 Å². The van der Waals surface area contributed by atoms with Crippen molar-refractivity contribution in [3.8, 4) is 0 Å². The third kappa shape index (κ3) is 1.54. The Morgan fingerprint density at radius 2 is 1.71 bits per heavy atom. The van der Waals surface area contributed by atoms with E-state index in [-0.39, 0.29) is 0 Å². The van der Waals surface area contributed by atoms with E-state index in [1.165, 1.54) is 6.42 Å². The third-order valence-corrected chi connectivity index (χ3v) is 6.65. The molecule has 0 N–H and O–H groups in total. The maximum absolute atomic E-state index is 2.49. The van der Waals surface area contributed by atoms with Gasteiger partial charge in [-0.15, -0.1) is 0 Å². The fourth-order valence-corrected chi connectivity index (χ4v) is 5.88. The predicted octanol–water partition coefficient (Wildman–Crippen LogP) is 4.06. The molecule has 2 atom stereocenters. The van der Waals surface area contributed by atoms with Gasteiger partial charge in [-0.1, -0.05) is 56.9 Å². The molecule has 1 aliphatic rings. The van der Waals surface area contributed by atoms with Crippen LogP contribution >= 0.6 is 0 Å². The van der Waals surface area contributed by atoms with Gasteiger partial charge in [0.1, 0.15) is 0 Å². The minimum atomic E-state index is -0.942. The first-order valence-corrected chi connectivity index (χ1v) is 9.08. The van der Waals surface area contributed by atoms with Gasteiger partial charge in [-0.2, -0.15) is 0 Å². The summed E-state index contributed by atoms with van der Waals surface area (Å²) >= 11 is 0. The highest BCUT2D eigenvalue weighted by atomic mass is 28.3. The zero-order chi connectivity index (χ0) is 10.4. The van der Waals surface area contributed by atoms with E-state index in [9.17, 15) is 0 Å². The monoisotopic (exact) mass is 204 g/mol. The molecule has 1 saturated carbocycles. The lowest BCUT2D eigenvalue weighted by Crippen LogP contribution is -2.24. The molecule has 0 nitrogen and oxygen atoms in total. The molecule has 0 spiro atoms. The second-order valence-electron chi connectivity index (χ2n) is 5.91. The molecule has 0 aliphatic heterocycles. The molecule has 1 aliphatic carbocycles. The maximum atomic E-state index is 2.49. The molecule has 1 fully saturated rings. The van der Waals surface area contributed by atoms with Crippen LogP contribution in [0.1, 0.15) is 18.9 Å². The first-order valence-electron chi connectivity index (χ1n) is 5.50. The van der Waals surface area contributed by atoms with Crippen molar-refractivity contribution in [2.45, 2.75) is 43.9 Å². The molecule has 76 valence electrons. The quantitative estimate of drug-likeness (QED) is 0.637. The van der Waals surface area contributed by atoms with E-state index in [1.54, 1.807) is 5.56 Å². The van der Waals surface area contributed by atoms with Crippen LogP contribution in [0.5, 0.6) is 0 Å². The Hall–Kier alpha value is -0.563. The zero-order valence-corrected chi connectivity index (χ0v) is 10.7. The Morgan fingerprint density at radius 1 is 1.14 bits per heavy atom. The second kappa shape index (κ2) is 2.96. The van der Waals surface area contributed by atoms with Crippen LogP contribution in [0.2, 0.25) is 25.2 Å². The fraction of sp³-hybridized carbons (Fsp3) is 0.538. The van der Waals surface area contributed by atoms with Crippen molar-refractivity contribution >= 4 is 8.07 Å². The van der Waals surface area contributed by atoms with Gasteiger partial charge in [-0.05, 0) is 22.9 Å². The molecule has 14 heavy (non-hydrogen) atoms. The predicted molar refractivity (Wildman–Crippen MR) is 65.5 cm³/mol. The molecule has 0 radical (unpaired) electrons. The molecule has 1 heteroatoms. The third-order valence-electron chi connectivity index (χ3n) is 3.72. The smallest absolute Gasteiger partial charge is 0.0483 e. The lowest BCUT2D eigenvalue weighted by molar-refractivity contribution is 0.780. The van der Waals surface area contributed by atoms with Gasteiger partial charge in [0, 0.05) is 8.07 Å². The fourth-order valence-electron chi connectivity index (χ4n) is 2.76. The van der Waals surface area contributed by atoms with Gasteiger partial charge in [-0.25, -0.2) is 0 Å². The number of hydrogen-bond acceptors (Lipinski definition) is 0. The normalized spacial score (nSPS) is 31.6. The first kappa shape index (κ1) is 9.97. The largest absolute Gasteiger partial charge is 0.0693 e. The molecular formula is C13H20Si. The Balaban J connectivity index is 2.23. The molecule has 1 aromatic carbocycles. The van der Waals surface area contributed by atoms with Crippen LogP contribution in [0, 0.1) is 0 Å². The van der Waals surface area contributed by atoms with Crippen molar-refractivity contribution in [1.29, 1.82) is 0 Å². The van der Waals surface area contributed by atoms with Gasteiger partial charge < -0.3 is 0 Å². The molecule has 0 heterocycles. The first-order chi connectivity index (χ1) is 6.44. The highest BCUT2D eigenvalue weighted by Crippen LogP contribution is 2.63. The molecule has 2 rings (SSSR count). The summed E-state index contributed by atoms with van der Waals surface area (Å²) in [5, 5.41) is 0. The summed E-state index contributed by atoms with van der Waals surface area (Å²) in [4.78, 5) is 0. The van der Waals surface area contributed by atoms with E-state index in [4.69, 9.17) is 0 Å². The summed E-state index contributed by atoms with van der Waals surface area (Å²) in [6.07, 6.45) is 1.41. The maximum Gasteiger partial charge on any atom is 0.0483 e. The van der Waals surface area contributed by atoms with Gasteiger partial charge in [0.25, 0.3) is 0 Å². The Bertz CT molecular complexity index is 323. The van der Waals surface area contributed by atoms with Crippen molar-refractivity contribution in [2.24, 2.45) is 0 Å². The standard InChI is InChI=1S/C13H20Si/c1-13(10-12(13)14(2,3)4)11-8-6-5-7-9-11/h5-9,12H,10H2,1-4H3/t12-,13-/m1/s1. The molecular weight excluding hydrogens is 184 g/mol. The van der Waals surface area contributed by atoms with Gasteiger partial charge in [0.2, 0.25) is 0 Å². The number of hydrogen-bond donors (Lipinski definition) is 0. The van der Waals surface area contributed by atoms with E-state index in [0.29, 0.717) is 5.41 Å². The summed E-state index contributed by atoms with van der Waals surface area (Å²) in [6, 6.07) is 11.0. The van der Waals surface area contributed by atoms with Crippen LogP contribution in [0.3, 0.4) is 0 Å². The number of rotatable bonds is 2. The van der Waals surface area contributed by atoms with Crippen molar-refractivity contribution in [1.82, 2.24) is 0 Å². The van der Waals surface area contributed by atoms with E-state index < -0.39 is 8.07 Å². The van der Waals surface area contributed by atoms with Gasteiger partial charge in [0.05, 0.1) is 0 Å². The van der Waals surface area contributed by atoms with Crippen molar-refractivity contribution in [2.75, 3.05) is 0 Å². The van der Waals surface area contributed by atoms with Crippen LogP contribution in [0.4, 0.5) is 0 Å². The highest BCUT2D eigenvalue weighted by Gasteiger charge is 2.56. The molecule has 1 aromatic rings. The minimum Gasteiger partial charge on any atom is -0.0693 e. The molecule has 0 bridgehead atoms. The average Bonchev–Trinajstić information content (AvgIpc) is 2.81. The lowest BCUT2D eigenvalue weighted by Gasteiger charge is -2.20. The van der Waals surface area contributed by atoms with Crippen LogP contribution in [0.25, 0.3) is 0 Å². The van der Waals surface area contributed by atoms with Gasteiger partial charge in [0.15, 0.2) is 0 Å². The SMILES string of the molecule is C[C@]1(c2ccccc2)C[C@H]1[Si](C)(C)C. The van der Waals surface area contributed by atoms with E-state index in [1.807, 2.05) is 0 Å². The van der Waals surface area contributed by atoms with Crippen LogP contribution < -0.4 is 0 Å².